The number of rotatable bonds is 5. The smallest absolute Gasteiger partial charge is 0.338 e. The predicted molar refractivity (Wildman–Crippen MR) is 91.7 cm³/mol. The normalized spacial score (nSPS) is 14.2. The summed E-state index contributed by atoms with van der Waals surface area (Å²) in [6.07, 6.45) is 0. The van der Waals surface area contributed by atoms with Crippen molar-refractivity contribution < 1.29 is 19.2 Å². The van der Waals surface area contributed by atoms with Crippen molar-refractivity contribution in [3.05, 3.63) is 69.8 Å². The molecule has 3 rings (SSSR count). The Kier molecular flexibility index (Phi) is 5.25. The molecule has 0 amide bonds. The van der Waals surface area contributed by atoms with Crippen molar-refractivity contribution in [2.24, 2.45) is 0 Å². The highest BCUT2D eigenvalue weighted by Gasteiger charge is 2.23. The van der Waals surface area contributed by atoms with E-state index in [1.807, 2.05) is 35.2 Å². The zero-order valence-corrected chi connectivity index (χ0v) is 13.6. The Morgan fingerprint density at radius 2 is 1.88 bits per heavy atom. The Balaban J connectivity index is 1.76. The van der Waals surface area contributed by atoms with E-state index in [2.05, 4.69) is 0 Å². The lowest BCUT2D eigenvalue weighted by Gasteiger charge is -2.28. The van der Waals surface area contributed by atoms with E-state index in [0.29, 0.717) is 32.0 Å². The molecule has 7 heteroatoms. The minimum atomic E-state index is -0.583. The Hall–Kier alpha value is -2.93. The van der Waals surface area contributed by atoms with Gasteiger partial charge in [-0.15, -0.1) is 0 Å². The van der Waals surface area contributed by atoms with Gasteiger partial charge in [0.25, 0.3) is 5.69 Å². The zero-order valence-electron chi connectivity index (χ0n) is 13.6. The number of morpholine rings is 1. The van der Waals surface area contributed by atoms with Crippen molar-refractivity contribution in [2.75, 3.05) is 31.2 Å². The maximum Gasteiger partial charge on any atom is 0.338 e. The monoisotopic (exact) mass is 342 g/mol. The molecule has 0 spiro atoms. The minimum absolute atomic E-state index is 0.101. The van der Waals surface area contributed by atoms with Crippen molar-refractivity contribution in [1.29, 1.82) is 0 Å². The molecule has 2 aromatic rings. The fraction of sp³-hybridized carbons (Fsp3) is 0.278. The molecule has 0 saturated carbocycles. The molecule has 1 aliphatic heterocycles. The third-order valence-electron chi connectivity index (χ3n) is 3.97. The molecule has 1 heterocycles. The van der Waals surface area contributed by atoms with E-state index in [4.69, 9.17) is 9.47 Å². The van der Waals surface area contributed by atoms with Gasteiger partial charge < -0.3 is 14.4 Å². The van der Waals surface area contributed by atoms with Gasteiger partial charge in [-0.2, -0.15) is 0 Å². The molecule has 0 bridgehead atoms. The van der Waals surface area contributed by atoms with E-state index in [1.165, 1.54) is 6.07 Å². The van der Waals surface area contributed by atoms with Gasteiger partial charge in [-0.25, -0.2) is 4.79 Å². The third kappa shape index (κ3) is 4.13. The molecule has 1 aliphatic rings. The van der Waals surface area contributed by atoms with E-state index in [0.717, 1.165) is 5.56 Å². The van der Waals surface area contributed by atoms with Gasteiger partial charge in [0.2, 0.25) is 0 Å². The van der Waals surface area contributed by atoms with Crippen LogP contribution >= 0.6 is 0 Å². The van der Waals surface area contributed by atoms with E-state index >= 15 is 0 Å². The van der Waals surface area contributed by atoms with Gasteiger partial charge in [0.05, 0.1) is 23.7 Å². The van der Waals surface area contributed by atoms with Gasteiger partial charge in [0.1, 0.15) is 12.3 Å². The van der Waals surface area contributed by atoms with Crippen molar-refractivity contribution >= 4 is 17.3 Å². The van der Waals surface area contributed by atoms with Crippen LogP contribution in [0.3, 0.4) is 0 Å². The number of esters is 1. The first-order chi connectivity index (χ1) is 12.1. The zero-order chi connectivity index (χ0) is 17.6. The highest BCUT2D eigenvalue weighted by Crippen LogP contribution is 2.30. The van der Waals surface area contributed by atoms with Crippen LogP contribution < -0.4 is 4.90 Å². The Labute approximate surface area is 144 Å². The van der Waals surface area contributed by atoms with Crippen LogP contribution in [0.4, 0.5) is 11.4 Å². The number of hydrogen-bond acceptors (Lipinski definition) is 6. The molecule has 7 nitrogen and oxygen atoms in total. The SMILES string of the molecule is O=C(OCc1ccccc1)c1ccc(N2CCOCC2)c([N+](=O)[O-])c1. The largest absolute Gasteiger partial charge is 0.457 e. The fourth-order valence-electron chi connectivity index (χ4n) is 2.67. The quantitative estimate of drug-likeness (QED) is 0.472. The number of carbonyl (C=O) groups excluding carboxylic acids is 1. The summed E-state index contributed by atoms with van der Waals surface area (Å²) in [5, 5.41) is 11.4. The van der Waals surface area contributed by atoms with E-state index in [9.17, 15) is 14.9 Å². The summed E-state index contributed by atoms with van der Waals surface area (Å²) >= 11 is 0. The molecule has 0 unspecified atom stereocenters. The number of nitro benzene ring substituents is 1. The number of ether oxygens (including phenoxy) is 2. The summed E-state index contributed by atoms with van der Waals surface area (Å²) in [6.45, 7) is 2.34. The van der Waals surface area contributed by atoms with Gasteiger partial charge in [0.15, 0.2) is 0 Å². The van der Waals surface area contributed by atoms with Crippen LogP contribution in [0.5, 0.6) is 0 Å². The van der Waals surface area contributed by atoms with E-state index in [-0.39, 0.29) is 17.9 Å². The molecule has 1 saturated heterocycles. The molecule has 130 valence electrons. The second kappa shape index (κ2) is 7.76. The summed E-state index contributed by atoms with van der Waals surface area (Å²) < 4.78 is 10.5. The number of anilines is 1. The van der Waals surface area contributed by atoms with Crippen LogP contribution in [0.1, 0.15) is 15.9 Å². The van der Waals surface area contributed by atoms with Gasteiger partial charge in [-0.3, -0.25) is 10.1 Å². The summed E-state index contributed by atoms with van der Waals surface area (Å²) in [6, 6.07) is 13.7. The van der Waals surface area contributed by atoms with Crippen LogP contribution in [0, 0.1) is 10.1 Å². The average Bonchev–Trinajstić information content (AvgIpc) is 2.67. The maximum atomic E-state index is 12.2. The second-order valence-corrected chi connectivity index (χ2v) is 5.62. The molecule has 0 aromatic heterocycles. The molecule has 1 fully saturated rings. The van der Waals surface area contributed by atoms with Gasteiger partial charge >= 0.3 is 5.97 Å². The van der Waals surface area contributed by atoms with Crippen LogP contribution in [-0.2, 0) is 16.1 Å². The lowest BCUT2D eigenvalue weighted by atomic mass is 10.1. The number of nitro groups is 1. The van der Waals surface area contributed by atoms with E-state index in [1.54, 1.807) is 12.1 Å². The van der Waals surface area contributed by atoms with Crippen LogP contribution in [0.2, 0.25) is 0 Å². The molecular formula is C18H18N2O5. The summed E-state index contributed by atoms with van der Waals surface area (Å²) in [4.78, 5) is 25.0. The van der Waals surface area contributed by atoms with Gasteiger partial charge in [0, 0.05) is 19.2 Å². The number of nitrogens with zero attached hydrogens (tertiary/aromatic N) is 2. The molecule has 0 aliphatic carbocycles. The summed E-state index contributed by atoms with van der Waals surface area (Å²) in [7, 11) is 0. The number of hydrogen-bond donors (Lipinski definition) is 0. The Morgan fingerprint density at radius 3 is 2.56 bits per heavy atom. The van der Waals surface area contributed by atoms with Crippen LogP contribution in [-0.4, -0.2) is 37.2 Å². The van der Waals surface area contributed by atoms with Crippen LogP contribution in [0.25, 0.3) is 0 Å². The van der Waals surface area contributed by atoms with Gasteiger partial charge in [-0.1, -0.05) is 30.3 Å². The van der Waals surface area contributed by atoms with Gasteiger partial charge in [-0.05, 0) is 17.7 Å². The van der Waals surface area contributed by atoms with Crippen molar-refractivity contribution in [2.45, 2.75) is 6.61 Å². The molecular weight excluding hydrogens is 324 g/mol. The van der Waals surface area contributed by atoms with Crippen molar-refractivity contribution in [3.63, 3.8) is 0 Å². The van der Waals surface area contributed by atoms with Crippen molar-refractivity contribution in [3.8, 4) is 0 Å². The standard InChI is InChI=1S/C18H18N2O5/c21-18(25-13-14-4-2-1-3-5-14)15-6-7-16(17(12-15)20(22)23)19-8-10-24-11-9-19/h1-7,12H,8-11,13H2. The first-order valence-corrected chi connectivity index (χ1v) is 7.97. The predicted octanol–water partition coefficient (Wildman–Crippen LogP) is 2.79. The molecule has 25 heavy (non-hydrogen) atoms. The lowest BCUT2D eigenvalue weighted by molar-refractivity contribution is -0.384. The third-order valence-corrected chi connectivity index (χ3v) is 3.97. The molecule has 0 radical (unpaired) electrons. The highest BCUT2D eigenvalue weighted by molar-refractivity contribution is 5.91. The second-order valence-electron chi connectivity index (χ2n) is 5.62. The maximum absolute atomic E-state index is 12.2. The highest BCUT2D eigenvalue weighted by atomic mass is 16.6. The lowest BCUT2D eigenvalue weighted by Crippen LogP contribution is -2.36. The minimum Gasteiger partial charge on any atom is -0.457 e. The molecule has 0 N–H and O–H groups in total. The summed E-state index contributed by atoms with van der Waals surface area (Å²) in [5.74, 6) is -0.583. The first-order valence-electron chi connectivity index (χ1n) is 7.97. The van der Waals surface area contributed by atoms with E-state index < -0.39 is 10.9 Å². The van der Waals surface area contributed by atoms with Crippen LogP contribution in [0.15, 0.2) is 48.5 Å². The first kappa shape index (κ1) is 16.9. The number of carbonyl (C=O) groups is 1. The summed E-state index contributed by atoms with van der Waals surface area (Å²) in [5.41, 5.74) is 1.42. The van der Waals surface area contributed by atoms with Crippen molar-refractivity contribution in [1.82, 2.24) is 0 Å². The molecule has 0 atom stereocenters. The Bertz CT molecular complexity index is 757. The Morgan fingerprint density at radius 1 is 1.16 bits per heavy atom. The average molecular weight is 342 g/mol. The molecule has 2 aromatic carbocycles. The fourth-order valence-corrected chi connectivity index (χ4v) is 2.67. The topological polar surface area (TPSA) is 81.9 Å². The number of benzene rings is 2.